The predicted octanol–water partition coefficient (Wildman–Crippen LogP) is 2.84. The van der Waals surface area contributed by atoms with Crippen LogP contribution in [-0.2, 0) is 14.8 Å². The van der Waals surface area contributed by atoms with Gasteiger partial charge in [-0.1, -0.05) is 30.0 Å². The number of methoxy groups -OCH3 is 1. The highest BCUT2D eigenvalue weighted by Gasteiger charge is 2.29. The van der Waals surface area contributed by atoms with E-state index in [-0.39, 0.29) is 0 Å². The Kier molecular flexibility index (Phi) is 7.45. The van der Waals surface area contributed by atoms with Crippen LogP contribution in [0.2, 0.25) is 0 Å². The van der Waals surface area contributed by atoms with Crippen molar-refractivity contribution >= 4 is 49.8 Å². The van der Waals surface area contributed by atoms with Gasteiger partial charge in [0.2, 0.25) is 21.1 Å². The SMILES string of the molecule is CCCSc1nnc(NC(=O)C(C)N(c2ccc(OC)cc2)S(C)(=O)=O)s1. The van der Waals surface area contributed by atoms with Crippen molar-refractivity contribution in [2.75, 3.05) is 28.7 Å². The molecule has 2 aromatic rings. The molecule has 0 saturated carbocycles. The Morgan fingerprint density at radius 3 is 2.56 bits per heavy atom. The van der Waals surface area contributed by atoms with E-state index >= 15 is 0 Å². The van der Waals surface area contributed by atoms with Crippen LogP contribution in [0.5, 0.6) is 5.75 Å². The minimum Gasteiger partial charge on any atom is -0.497 e. The van der Waals surface area contributed by atoms with Crippen molar-refractivity contribution in [3.05, 3.63) is 24.3 Å². The molecule has 27 heavy (non-hydrogen) atoms. The first-order valence-electron chi connectivity index (χ1n) is 8.17. The first-order valence-corrected chi connectivity index (χ1v) is 11.8. The van der Waals surface area contributed by atoms with Gasteiger partial charge in [0, 0.05) is 5.75 Å². The zero-order chi connectivity index (χ0) is 20.0. The normalized spacial score (nSPS) is 12.4. The average Bonchev–Trinajstić information content (AvgIpc) is 3.06. The Balaban J connectivity index is 2.17. The highest BCUT2D eigenvalue weighted by atomic mass is 32.2. The molecule has 8 nitrogen and oxygen atoms in total. The number of nitrogens with one attached hydrogen (secondary N) is 1. The third kappa shape index (κ3) is 5.81. The maximum Gasteiger partial charge on any atom is 0.249 e. The van der Waals surface area contributed by atoms with Crippen LogP contribution < -0.4 is 14.4 Å². The molecule has 1 amide bonds. The Morgan fingerprint density at radius 1 is 1.33 bits per heavy atom. The van der Waals surface area contributed by atoms with Crippen LogP contribution in [0.3, 0.4) is 0 Å². The van der Waals surface area contributed by atoms with Gasteiger partial charge in [-0.2, -0.15) is 0 Å². The molecule has 1 unspecified atom stereocenters. The quantitative estimate of drug-likeness (QED) is 0.482. The molecule has 1 aromatic carbocycles. The second-order valence-corrected chi connectivity index (χ2v) is 9.82. The summed E-state index contributed by atoms with van der Waals surface area (Å²) in [6.45, 7) is 3.59. The van der Waals surface area contributed by atoms with Crippen molar-refractivity contribution in [2.24, 2.45) is 0 Å². The zero-order valence-electron chi connectivity index (χ0n) is 15.5. The van der Waals surface area contributed by atoms with E-state index in [0.717, 1.165) is 27.1 Å². The lowest BCUT2D eigenvalue weighted by Gasteiger charge is -2.27. The van der Waals surface area contributed by atoms with E-state index in [1.807, 2.05) is 0 Å². The summed E-state index contributed by atoms with van der Waals surface area (Å²) < 4.78 is 31.5. The lowest BCUT2D eigenvalue weighted by Crippen LogP contribution is -2.45. The van der Waals surface area contributed by atoms with Crippen LogP contribution in [0.15, 0.2) is 28.6 Å². The number of ether oxygens (including phenoxy) is 1. The van der Waals surface area contributed by atoms with Crippen LogP contribution in [0.1, 0.15) is 20.3 Å². The van der Waals surface area contributed by atoms with Gasteiger partial charge in [0.1, 0.15) is 11.8 Å². The fourth-order valence-corrected chi connectivity index (χ4v) is 5.11. The molecular weight excluding hydrogens is 408 g/mol. The number of nitrogens with zero attached hydrogens (tertiary/aromatic N) is 3. The second kappa shape index (κ2) is 9.38. The number of carbonyl (C=O) groups is 1. The predicted molar refractivity (Wildman–Crippen MR) is 109 cm³/mol. The van der Waals surface area contributed by atoms with Gasteiger partial charge in [-0.3, -0.25) is 14.4 Å². The van der Waals surface area contributed by atoms with Crippen molar-refractivity contribution in [3.63, 3.8) is 0 Å². The standard InChI is InChI=1S/C16H22N4O4S3/c1-5-10-25-16-19-18-15(26-16)17-14(21)11(2)20(27(4,22)23)12-6-8-13(24-3)9-7-12/h6-9,11H,5,10H2,1-4H3,(H,17,18,21). The van der Waals surface area contributed by atoms with Crippen LogP contribution in [-0.4, -0.2) is 49.7 Å². The summed E-state index contributed by atoms with van der Waals surface area (Å²) in [4.78, 5) is 12.6. The molecule has 11 heteroatoms. The highest BCUT2D eigenvalue weighted by molar-refractivity contribution is 8.01. The van der Waals surface area contributed by atoms with Crippen LogP contribution in [0, 0.1) is 0 Å². The van der Waals surface area contributed by atoms with Crippen molar-refractivity contribution in [1.29, 1.82) is 0 Å². The molecule has 0 aliphatic heterocycles. The van der Waals surface area contributed by atoms with Gasteiger partial charge in [-0.25, -0.2) is 8.42 Å². The van der Waals surface area contributed by atoms with E-state index in [1.165, 1.54) is 25.4 Å². The number of anilines is 2. The average molecular weight is 431 g/mol. The van der Waals surface area contributed by atoms with Crippen LogP contribution in [0.25, 0.3) is 0 Å². The van der Waals surface area contributed by atoms with Crippen molar-refractivity contribution in [3.8, 4) is 5.75 Å². The molecule has 0 radical (unpaired) electrons. The Bertz CT molecular complexity index is 868. The molecule has 0 aliphatic rings. The minimum absolute atomic E-state index is 0.341. The molecule has 2 rings (SSSR count). The number of carbonyl (C=O) groups excluding carboxylic acids is 1. The summed E-state index contributed by atoms with van der Waals surface area (Å²) in [5, 5.41) is 10.9. The first kappa shape index (κ1) is 21.5. The first-order chi connectivity index (χ1) is 12.8. The molecule has 0 spiro atoms. The summed E-state index contributed by atoms with van der Waals surface area (Å²) >= 11 is 2.83. The number of thioether (sulfide) groups is 1. The van der Waals surface area contributed by atoms with E-state index in [4.69, 9.17) is 4.74 Å². The Labute approximate surface area is 167 Å². The molecule has 148 valence electrons. The molecular formula is C16H22N4O4S3. The molecule has 0 aliphatic carbocycles. The highest BCUT2D eigenvalue weighted by Crippen LogP contribution is 2.27. The number of hydrogen-bond acceptors (Lipinski definition) is 8. The largest absolute Gasteiger partial charge is 0.497 e. The number of aromatic nitrogens is 2. The molecule has 0 saturated heterocycles. The van der Waals surface area contributed by atoms with Gasteiger partial charge in [-0.15, -0.1) is 10.2 Å². The fraction of sp³-hybridized carbons (Fsp3) is 0.438. The third-order valence-electron chi connectivity index (χ3n) is 3.48. The van der Waals surface area contributed by atoms with Gasteiger partial charge < -0.3 is 4.74 Å². The van der Waals surface area contributed by atoms with E-state index < -0.39 is 22.0 Å². The third-order valence-corrected chi connectivity index (χ3v) is 6.90. The van der Waals surface area contributed by atoms with Gasteiger partial charge in [0.05, 0.1) is 19.1 Å². The number of hydrogen-bond donors (Lipinski definition) is 1. The molecule has 1 atom stereocenters. The zero-order valence-corrected chi connectivity index (χ0v) is 17.9. The summed E-state index contributed by atoms with van der Waals surface area (Å²) in [5.41, 5.74) is 0.373. The Hall–Kier alpha value is -1.85. The van der Waals surface area contributed by atoms with Crippen LogP contribution in [0.4, 0.5) is 10.8 Å². The number of benzene rings is 1. The number of sulfonamides is 1. The molecule has 1 heterocycles. The lowest BCUT2D eigenvalue weighted by molar-refractivity contribution is -0.116. The Morgan fingerprint density at radius 2 is 2.00 bits per heavy atom. The molecule has 0 bridgehead atoms. The fourth-order valence-electron chi connectivity index (χ4n) is 2.26. The van der Waals surface area contributed by atoms with Gasteiger partial charge in [0.25, 0.3) is 0 Å². The monoisotopic (exact) mass is 430 g/mol. The smallest absolute Gasteiger partial charge is 0.249 e. The number of amides is 1. The van der Waals surface area contributed by atoms with Crippen molar-refractivity contribution in [1.82, 2.24) is 10.2 Å². The second-order valence-electron chi connectivity index (χ2n) is 5.64. The van der Waals surface area contributed by atoms with Crippen molar-refractivity contribution in [2.45, 2.75) is 30.6 Å². The van der Waals surface area contributed by atoms with E-state index in [9.17, 15) is 13.2 Å². The lowest BCUT2D eigenvalue weighted by atomic mass is 10.2. The van der Waals surface area contributed by atoms with Gasteiger partial charge in [-0.05, 0) is 37.6 Å². The topological polar surface area (TPSA) is 101 Å². The van der Waals surface area contributed by atoms with E-state index in [2.05, 4.69) is 22.4 Å². The molecule has 1 N–H and O–H groups in total. The minimum atomic E-state index is -3.69. The molecule has 0 fully saturated rings. The van der Waals surface area contributed by atoms with Crippen molar-refractivity contribution < 1.29 is 17.9 Å². The van der Waals surface area contributed by atoms with Crippen LogP contribution >= 0.6 is 23.1 Å². The maximum absolute atomic E-state index is 12.6. The van der Waals surface area contributed by atoms with Gasteiger partial charge in [0.15, 0.2) is 4.34 Å². The van der Waals surface area contributed by atoms with E-state index in [1.54, 1.807) is 36.0 Å². The molecule has 1 aromatic heterocycles. The summed E-state index contributed by atoms with van der Waals surface area (Å²) in [5.74, 6) is 1.02. The van der Waals surface area contributed by atoms with Gasteiger partial charge >= 0.3 is 0 Å². The summed E-state index contributed by atoms with van der Waals surface area (Å²) in [6.07, 6.45) is 2.07. The number of rotatable bonds is 9. The summed E-state index contributed by atoms with van der Waals surface area (Å²) in [7, 11) is -2.16. The van der Waals surface area contributed by atoms with E-state index in [0.29, 0.717) is 16.6 Å². The maximum atomic E-state index is 12.6. The summed E-state index contributed by atoms with van der Waals surface area (Å²) in [6, 6.07) is 5.49.